The second-order valence-corrected chi connectivity index (χ2v) is 3.05. The number of rotatable bonds is 5. The van der Waals surface area contributed by atoms with E-state index in [-0.39, 0.29) is 5.91 Å². The van der Waals surface area contributed by atoms with Crippen molar-refractivity contribution < 1.29 is 9.63 Å². The van der Waals surface area contributed by atoms with Crippen molar-refractivity contribution in [3.8, 4) is 0 Å². The zero-order valence-electron chi connectivity index (χ0n) is 9.41. The normalized spacial score (nSPS) is 12.1. The van der Waals surface area contributed by atoms with E-state index in [4.69, 9.17) is 4.84 Å². The number of hydrogen-bond acceptors (Lipinski definition) is 2. The molecule has 14 heavy (non-hydrogen) atoms. The summed E-state index contributed by atoms with van der Waals surface area (Å²) in [5, 5.41) is 1.21. The van der Waals surface area contributed by atoms with Crippen LogP contribution in [0.15, 0.2) is 23.8 Å². The molecule has 0 aromatic rings. The molecule has 0 atom stereocenters. The highest BCUT2D eigenvalue weighted by atomic mass is 16.7. The minimum Gasteiger partial charge on any atom is -0.274 e. The number of amides is 1. The minimum absolute atomic E-state index is 0.117. The van der Waals surface area contributed by atoms with Gasteiger partial charge in [0.15, 0.2) is 0 Å². The first-order valence-corrected chi connectivity index (χ1v) is 4.79. The third kappa shape index (κ3) is 4.82. The topological polar surface area (TPSA) is 29.5 Å². The fraction of sp³-hybridized carbons (Fsp3) is 0.545. The van der Waals surface area contributed by atoms with E-state index in [9.17, 15) is 4.79 Å². The summed E-state index contributed by atoms with van der Waals surface area (Å²) >= 11 is 0. The molecule has 3 heteroatoms. The van der Waals surface area contributed by atoms with Crippen molar-refractivity contribution in [2.75, 3.05) is 14.2 Å². The van der Waals surface area contributed by atoms with Crippen molar-refractivity contribution in [1.29, 1.82) is 0 Å². The Hall–Kier alpha value is -1.09. The lowest BCUT2D eigenvalue weighted by Gasteiger charge is -2.13. The number of unbranched alkanes of at least 4 members (excludes halogenated alkanes) is 1. The van der Waals surface area contributed by atoms with Crippen molar-refractivity contribution in [3.63, 3.8) is 0 Å². The summed E-state index contributed by atoms with van der Waals surface area (Å²) in [6.07, 6.45) is 7.91. The lowest BCUT2D eigenvalue weighted by atomic mass is 10.2. The molecule has 80 valence electrons. The summed E-state index contributed by atoms with van der Waals surface area (Å²) in [5.74, 6) is -0.117. The van der Waals surface area contributed by atoms with Gasteiger partial charge in [0.05, 0.1) is 7.11 Å². The standard InChI is InChI=1S/C11H19NO2/c1-5-6-7-8-9-10(2)11(13)12(3)14-4/h7-9H,5-6H2,1-4H3/b8-7+,10-9-. The number of hydroxylamine groups is 2. The molecular formula is C11H19NO2. The summed E-state index contributed by atoms with van der Waals surface area (Å²) < 4.78 is 0. The van der Waals surface area contributed by atoms with Gasteiger partial charge in [-0.3, -0.25) is 9.63 Å². The van der Waals surface area contributed by atoms with Crippen LogP contribution in [-0.4, -0.2) is 25.1 Å². The highest BCUT2D eigenvalue weighted by Gasteiger charge is 2.08. The van der Waals surface area contributed by atoms with Crippen LogP contribution in [0, 0.1) is 0 Å². The molecule has 0 unspecified atom stereocenters. The van der Waals surface area contributed by atoms with Gasteiger partial charge >= 0.3 is 0 Å². The Morgan fingerprint density at radius 1 is 1.50 bits per heavy atom. The molecule has 0 aliphatic carbocycles. The van der Waals surface area contributed by atoms with Crippen LogP contribution in [0.1, 0.15) is 26.7 Å². The average Bonchev–Trinajstić information content (AvgIpc) is 2.21. The van der Waals surface area contributed by atoms with Crippen LogP contribution in [0.3, 0.4) is 0 Å². The molecule has 0 aliphatic rings. The highest BCUT2D eigenvalue weighted by molar-refractivity contribution is 5.92. The van der Waals surface area contributed by atoms with Crippen molar-refractivity contribution in [3.05, 3.63) is 23.8 Å². The van der Waals surface area contributed by atoms with E-state index in [0.717, 1.165) is 12.8 Å². The lowest BCUT2D eigenvalue weighted by molar-refractivity contribution is -0.163. The lowest BCUT2D eigenvalue weighted by Crippen LogP contribution is -2.25. The van der Waals surface area contributed by atoms with Crippen LogP contribution < -0.4 is 0 Å². The molecule has 0 N–H and O–H groups in total. The van der Waals surface area contributed by atoms with Gasteiger partial charge in [0.1, 0.15) is 0 Å². The van der Waals surface area contributed by atoms with Gasteiger partial charge in [-0.1, -0.05) is 31.6 Å². The number of carbonyl (C=O) groups is 1. The quantitative estimate of drug-likeness (QED) is 0.384. The first kappa shape index (κ1) is 12.9. The molecule has 0 fully saturated rings. The van der Waals surface area contributed by atoms with Gasteiger partial charge in [0, 0.05) is 12.6 Å². The molecule has 0 aliphatic heterocycles. The van der Waals surface area contributed by atoms with Crippen LogP contribution >= 0.6 is 0 Å². The minimum atomic E-state index is -0.117. The Bertz CT molecular complexity index is 231. The van der Waals surface area contributed by atoms with E-state index in [2.05, 4.69) is 6.92 Å². The Morgan fingerprint density at radius 3 is 2.64 bits per heavy atom. The van der Waals surface area contributed by atoms with Crippen molar-refractivity contribution >= 4 is 5.91 Å². The molecule has 0 saturated carbocycles. The number of allylic oxidation sites excluding steroid dienone is 3. The summed E-state index contributed by atoms with van der Waals surface area (Å²) in [4.78, 5) is 16.2. The van der Waals surface area contributed by atoms with Crippen LogP contribution in [0.2, 0.25) is 0 Å². The molecule has 0 bridgehead atoms. The van der Waals surface area contributed by atoms with E-state index in [1.54, 1.807) is 20.0 Å². The van der Waals surface area contributed by atoms with Gasteiger partial charge in [-0.25, -0.2) is 5.06 Å². The maximum atomic E-state index is 11.4. The van der Waals surface area contributed by atoms with E-state index < -0.39 is 0 Å². The summed E-state index contributed by atoms with van der Waals surface area (Å²) in [6, 6.07) is 0. The fourth-order valence-electron chi connectivity index (χ4n) is 0.878. The van der Waals surface area contributed by atoms with Gasteiger partial charge in [0.2, 0.25) is 0 Å². The number of hydrogen-bond donors (Lipinski definition) is 0. The van der Waals surface area contributed by atoms with Gasteiger partial charge in [-0.2, -0.15) is 0 Å². The predicted octanol–water partition coefficient (Wildman–Crippen LogP) is 2.31. The summed E-state index contributed by atoms with van der Waals surface area (Å²) in [5.41, 5.74) is 0.668. The molecule has 0 spiro atoms. The molecular weight excluding hydrogens is 178 g/mol. The summed E-state index contributed by atoms with van der Waals surface area (Å²) in [7, 11) is 3.06. The van der Waals surface area contributed by atoms with Crippen LogP contribution in [-0.2, 0) is 9.63 Å². The molecule has 0 rings (SSSR count). The van der Waals surface area contributed by atoms with E-state index in [0.29, 0.717) is 5.57 Å². The zero-order valence-corrected chi connectivity index (χ0v) is 9.41. The molecule has 0 aromatic carbocycles. The van der Waals surface area contributed by atoms with E-state index >= 15 is 0 Å². The van der Waals surface area contributed by atoms with Crippen molar-refractivity contribution in [2.24, 2.45) is 0 Å². The zero-order chi connectivity index (χ0) is 11.0. The number of likely N-dealkylation sites (N-methyl/N-ethyl adjacent to an activating group) is 1. The molecule has 0 saturated heterocycles. The Balaban J connectivity index is 4.16. The fourth-order valence-corrected chi connectivity index (χ4v) is 0.878. The molecule has 0 aromatic heterocycles. The van der Waals surface area contributed by atoms with Crippen LogP contribution in [0.5, 0.6) is 0 Å². The first-order valence-electron chi connectivity index (χ1n) is 4.79. The predicted molar refractivity (Wildman–Crippen MR) is 57.6 cm³/mol. The SMILES string of the molecule is CCC/C=C/C=C(/C)C(=O)N(C)OC. The Morgan fingerprint density at radius 2 is 2.14 bits per heavy atom. The third-order valence-corrected chi connectivity index (χ3v) is 1.83. The Kier molecular flexibility index (Phi) is 6.76. The highest BCUT2D eigenvalue weighted by Crippen LogP contribution is 2.00. The van der Waals surface area contributed by atoms with Crippen LogP contribution in [0.25, 0.3) is 0 Å². The van der Waals surface area contributed by atoms with Gasteiger partial charge in [-0.15, -0.1) is 0 Å². The average molecular weight is 197 g/mol. The van der Waals surface area contributed by atoms with Gasteiger partial charge < -0.3 is 0 Å². The molecule has 0 heterocycles. The maximum Gasteiger partial charge on any atom is 0.272 e. The number of carbonyl (C=O) groups excluding carboxylic acids is 1. The number of nitrogens with zero attached hydrogens (tertiary/aromatic N) is 1. The van der Waals surface area contributed by atoms with Gasteiger partial charge in [-0.05, 0) is 13.3 Å². The van der Waals surface area contributed by atoms with E-state index in [1.165, 1.54) is 12.2 Å². The van der Waals surface area contributed by atoms with Crippen molar-refractivity contribution in [1.82, 2.24) is 5.06 Å². The monoisotopic (exact) mass is 197 g/mol. The van der Waals surface area contributed by atoms with E-state index in [1.807, 2.05) is 12.2 Å². The second-order valence-electron chi connectivity index (χ2n) is 3.05. The first-order chi connectivity index (χ1) is 6.63. The molecule has 1 amide bonds. The second kappa shape index (κ2) is 7.33. The van der Waals surface area contributed by atoms with Crippen molar-refractivity contribution in [2.45, 2.75) is 26.7 Å². The summed E-state index contributed by atoms with van der Waals surface area (Å²) in [6.45, 7) is 3.89. The largest absolute Gasteiger partial charge is 0.274 e. The maximum absolute atomic E-state index is 11.4. The van der Waals surface area contributed by atoms with Crippen LogP contribution in [0.4, 0.5) is 0 Å². The smallest absolute Gasteiger partial charge is 0.272 e. The van der Waals surface area contributed by atoms with Gasteiger partial charge in [0.25, 0.3) is 5.91 Å². The Labute approximate surface area is 86.0 Å². The molecule has 0 radical (unpaired) electrons. The molecule has 3 nitrogen and oxygen atoms in total. The third-order valence-electron chi connectivity index (χ3n) is 1.83.